The number of nitro groups is 1. The third-order valence-corrected chi connectivity index (χ3v) is 5.22. The SMILES string of the molecule is O=C(CN1C(=O)c2ccc([N+](=O)[O-])cc2C1=O)NCCCSc1ccccc1. The van der Waals surface area contributed by atoms with Crippen LogP contribution in [0.4, 0.5) is 5.69 Å². The molecule has 9 heteroatoms. The molecular weight excluding hydrogens is 382 g/mol. The summed E-state index contributed by atoms with van der Waals surface area (Å²) in [5, 5.41) is 13.5. The number of non-ortho nitro benzene ring substituents is 1. The smallest absolute Gasteiger partial charge is 0.270 e. The van der Waals surface area contributed by atoms with Gasteiger partial charge in [-0.3, -0.25) is 29.4 Å². The number of hydrogen-bond donors (Lipinski definition) is 1. The van der Waals surface area contributed by atoms with Crippen molar-refractivity contribution in [2.45, 2.75) is 11.3 Å². The average Bonchev–Trinajstić information content (AvgIpc) is 2.93. The molecule has 0 saturated heterocycles. The van der Waals surface area contributed by atoms with Crippen molar-refractivity contribution in [1.82, 2.24) is 10.2 Å². The number of rotatable bonds is 8. The first-order chi connectivity index (χ1) is 13.5. The predicted octanol–water partition coefficient (Wildman–Crippen LogP) is 2.49. The third kappa shape index (κ3) is 4.37. The highest BCUT2D eigenvalue weighted by Crippen LogP contribution is 2.26. The number of carbonyl (C=O) groups is 3. The van der Waals surface area contributed by atoms with Gasteiger partial charge < -0.3 is 5.32 Å². The first-order valence-electron chi connectivity index (χ1n) is 8.56. The Morgan fingerprint density at radius 3 is 2.50 bits per heavy atom. The summed E-state index contributed by atoms with van der Waals surface area (Å²) in [5.41, 5.74) is -0.254. The largest absolute Gasteiger partial charge is 0.355 e. The molecule has 1 N–H and O–H groups in total. The minimum atomic E-state index is -0.696. The maximum Gasteiger partial charge on any atom is 0.270 e. The minimum Gasteiger partial charge on any atom is -0.355 e. The first kappa shape index (κ1) is 19.6. The monoisotopic (exact) mass is 399 g/mol. The van der Waals surface area contributed by atoms with Crippen LogP contribution in [0.5, 0.6) is 0 Å². The molecule has 3 amide bonds. The van der Waals surface area contributed by atoms with Gasteiger partial charge in [0.2, 0.25) is 5.91 Å². The highest BCUT2D eigenvalue weighted by atomic mass is 32.2. The van der Waals surface area contributed by atoms with E-state index in [4.69, 9.17) is 0 Å². The van der Waals surface area contributed by atoms with Gasteiger partial charge >= 0.3 is 0 Å². The fourth-order valence-electron chi connectivity index (χ4n) is 2.74. The Labute approximate surface area is 165 Å². The van der Waals surface area contributed by atoms with Crippen LogP contribution in [0.1, 0.15) is 27.1 Å². The van der Waals surface area contributed by atoms with Gasteiger partial charge in [0, 0.05) is 23.6 Å². The second kappa shape index (κ2) is 8.66. The summed E-state index contributed by atoms with van der Waals surface area (Å²) in [6.07, 6.45) is 0.736. The third-order valence-electron chi connectivity index (χ3n) is 4.12. The summed E-state index contributed by atoms with van der Waals surface area (Å²) in [6.45, 7) is 0.0132. The van der Waals surface area contributed by atoms with Crippen LogP contribution in [0.15, 0.2) is 53.4 Å². The van der Waals surface area contributed by atoms with Crippen LogP contribution in [0, 0.1) is 10.1 Å². The number of nitro benzene ring substituents is 1. The van der Waals surface area contributed by atoms with Gasteiger partial charge in [-0.25, -0.2) is 0 Å². The Balaban J connectivity index is 1.48. The molecule has 2 aromatic rings. The molecule has 1 aliphatic heterocycles. The Kier molecular flexibility index (Phi) is 6.05. The van der Waals surface area contributed by atoms with Crippen molar-refractivity contribution in [1.29, 1.82) is 0 Å². The highest BCUT2D eigenvalue weighted by molar-refractivity contribution is 7.99. The summed E-state index contributed by atoms with van der Waals surface area (Å²) >= 11 is 1.68. The normalized spacial score (nSPS) is 12.8. The van der Waals surface area contributed by atoms with Crippen molar-refractivity contribution in [3.05, 3.63) is 69.8 Å². The van der Waals surface area contributed by atoms with Gasteiger partial charge in [0.05, 0.1) is 16.1 Å². The molecule has 0 spiro atoms. The molecule has 8 nitrogen and oxygen atoms in total. The fourth-order valence-corrected chi connectivity index (χ4v) is 3.62. The van der Waals surface area contributed by atoms with Crippen molar-refractivity contribution < 1.29 is 19.3 Å². The van der Waals surface area contributed by atoms with Crippen LogP contribution < -0.4 is 5.32 Å². The molecule has 0 bridgehead atoms. The zero-order chi connectivity index (χ0) is 20.1. The van der Waals surface area contributed by atoms with Crippen LogP contribution in [-0.4, -0.2) is 46.4 Å². The zero-order valence-electron chi connectivity index (χ0n) is 14.8. The molecule has 2 aromatic carbocycles. The van der Waals surface area contributed by atoms with E-state index in [2.05, 4.69) is 5.32 Å². The molecule has 1 heterocycles. The van der Waals surface area contributed by atoms with Crippen LogP contribution in [-0.2, 0) is 4.79 Å². The second-order valence-electron chi connectivity index (χ2n) is 6.05. The average molecular weight is 399 g/mol. The second-order valence-corrected chi connectivity index (χ2v) is 7.22. The van der Waals surface area contributed by atoms with Crippen molar-refractivity contribution in [3.63, 3.8) is 0 Å². The molecule has 0 aromatic heterocycles. The lowest BCUT2D eigenvalue weighted by atomic mass is 10.1. The standard InChI is InChI=1S/C19H17N3O5S/c23-17(20-9-4-10-28-14-5-2-1-3-6-14)12-21-18(24)15-8-7-13(22(26)27)11-16(15)19(21)25/h1-3,5-8,11H,4,9-10,12H2,(H,20,23). The summed E-state index contributed by atoms with van der Waals surface area (Å²) in [4.78, 5) is 48.9. The Morgan fingerprint density at radius 2 is 1.79 bits per heavy atom. The molecule has 144 valence electrons. The van der Waals surface area contributed by atoms with E-state index >= 15 is 0 Å². The topological polar surface area (TPSA) is 110 Å². The van der Waals surface area contributed by atoms with E-state index < -0.39 is 29.2 Å². The van der Waals surface area contributed by atoms with Crippen molar-refractivity contribution in [2.24, 2.45) is 0 Å². The number of amides is 3. The predicted molar refractivity (Wildman–Crippen MR) is 103 cm³/mol. The van der Waals surface area contributed by atoms with Gasteiger partial charge in [-0.05, 0) is 30.4 Å². The van der Waals surface area contributed by atoms with Gasteiger partial charge in [-0.1, -0.05) is 18.2 Å². The first-order valence-corrected chi connectivity index (χ1v) is 9.55. The number of hydrogen-bond acceptors (Lipinski definition) is 6. The summed E-state index contributed by atoms with van der Waals surface area (Å²) in [7, 11) is 0. The van der Waals surface area contributed by atoms with Crippen LogP contribution in [0.25, 0.3) is 0 Å². The minimum absolute atomic E-state index is 0.0498. The van der Waals surface area contributed by atoms with Gasteiger partial charge in [-0.2, -0.15) is 0 Å². The lowest BCUT2D eigenvalue weighted by Gasteiger charge is -2.13. The zero-order valence-corrected chi connectivity index (χ0v) is 15.6. The maximum atomic E-state index is 12.3. The number of benzene rings is 2. The van der Waals surface area contributed by atoms with Crippen molar-refractivity contribution >= 4 is 35.2 Å². The number of nitrogens with one attached hydrogen (secondary N) is 1. The summed E-state index contributed by atoms with van der Waals surface area (Å²) in [5.74, 6) is -0.946. The maximum absolute atomic E-state index is 12.3. The molecule has 3 rings (SSSR count). The summed E-state index contributed by atoms with van der Waals surface area (Å²) < 4.78 is 0. The number of fused-ring (bicyclic) bond motifs is 1. The molecule has 0 fully saturated rings. The van der Waals surface area contributed by atoms with Gasteiger partial charge in [0.1, 0.15) is 6.54 Å². The van der Waals surface area contributed by atoms with E-state index in [0.717, 1.165) is 34.1 Å². The highest BCUT2D eigenvalue weighted by Gasteiger charge is 2.37. The van der Waals surface area contributed by atoms with Crippen LogP contribution in [0.3, 0.4) is 0 Å². The number of carbonyl (C=O) groups excluding carboxylic acids is 3. The molecular formula is C19H17N3O5S. The van der Waals surface area contributed by atoms with Gasteiger partial charge in [-0.15, -0.1) is 11.8 Å². The van der Waals surface area contributed by atoms with E-state index in [9.17, 15) is 24.5 Å². The van der Waals surface area contributed by atoms with Gasteiger partial charge in [0.15, 0.2) is 0 Å². The van der Waals surface area contributed by atoms with Crippen molar-refractivity contribution in [2.75, 3.05) is 18.8 Å². The summed E-state index contributed by atoms with van der Waals surface area (Å²) in [6, 6.07) is 13.4. The Morgan fingerprint density at radius 1 is 1.07 bits per heavy atom. The quantitative estimate of drug-likeness (QED) is 0.240. The Bertz CT molecular complexity index is 932. The van der Waals surface area contributed by atoms with E-state index in [1.54, 1.807) is 11.8 Å². The van der Waals surface area contributed by atoms with Crippen molar-refractivity contribution in [3.8, 4) is 0 Å². The van der Waals surface area contributed by atoms with Gasteiger partial charge in [0.25, 0.3) is 17.5 Å². The number of imide groups is 1. The molecule has 1 aliphatic rings. The molecule has 0 saturated carbocycles. The van der Waals surface area contributed by atoms with E-state index in [0.29, 0.717) is 6.54 Å². The molecule has 28 heavy (non-hydrogen) atoms. The number of nitrogens with zero attached hydrogens (tertiary/aromatic N) is 2. The molecule has 0 atom stereocenters. The molecule has 0 aliphatic carbocycles. The van der Waals surface area contributed by atoms with E-state index in [1.807, 2.05) is 30.3 Å². The van der Waals surface area contributed by atoms with E-state index in [-0.39, 0.29) is 16.8 Å². The van der Waals surface area contributed by atoms with Crippen LogP contribution in [0.2, 0.25) is 0 Å². The molecule has 0 unspecified atom stereocenters. The van der Waals surface area contributed by atoms with Crippen LogP contribution >= 0.6 is 11.8 Å². The Hall–Kier alpha value is -3.20. The fraction of sp³-hybridized carbons (Fsp3) is 0.211. The lowest BCUT2D eigenvalue weighted by Crippen LogP contribution is -2.40. The number of thioether (sulfide) groups is 1. The lowest BCUT2D eigenvalue weighted by molar-refractivity contribution is -0.384. The van der Waals surface area contributed by atoms with E-state index in [1.165, 1.54) is 6.07 Å². The molecule has 0 radical (unpaired) electrons.